The van der Waals surface area contributed by atoms with Gasteiger partial charge < -0.3 is 15.1 Å². The van der Waals surface area contributed by atoms with Gasteiger partial charge in [-0.25, -0.2) is 28.7 Å². The van der Waals surface area contributed by atoms with Crippen LogP contribution in [-0.2, 0) is 0 Å². The van der Waals surface area contributed by atoms with E-state index >= 15 is 0 Å². The molecule has 1 aliphatic rings. The third-order valence-corrected chi connectivity index (χ3v) is 4.48. The lowest BCUT2D eigenvalue weighted by molar-refractivity contribution is 0.0745. The molecule has 3 aromatic rings. The van der Waals surface area contributed by atoms with Crippen LogP contribution in [0.25, 0.3) is 0 Å². The van der Waals surface area contributed by atoms with E-state index < -0.39 is 11.6 Å². The summed E-state index contributed by atoms with van der Waals surface area (Å²) < 4.78 is 26.7. The van der Waals surface area contributed by atoms with E-state index in [-0.39, 0.29) is 17.5 Å². The van der Waals surface area contributed by atoms with E-state index in [9.17, 15) is 13.6 Å². The minimum Gasteiger partial charge on any atom is -0.337 e. The first-order chi connectivity index (χ1) is 14.1. The number of nitrogens with one attached hydrogen (secondary N) is 1. The zero-order chi connectivity index (χ0) is 20.2. The molecule has 1 N–H and O–H groups in total. The number of rotatable bonds is 4. The first-order valence-electron chi connectivity index (χ1n) is 8.95. The smallest absolute Gasteiger partial charge is 0.257 e. The van der Waals surface area contributed by atoms with Crippen LogP contribution in [0.3, 0.4) is 0 Å². The Morgan fingerprint density at radius 2 is 1.66 bits per heavy atom. The predicted molar refractivity (Wildman–Crippen MR) is 102 cm³/mol. The van der Waals surface area contributed by atoms with Crippen LogP contribution < -0.4 is 10.2 Å². The Kier molecular flexibility index (Phi) is 5.23. The highest BCUT2D eigenvalue weighted by atomic mass is 19.1. The molecule has 0 radical (unpaired) electrons. The Bertz CT molecular complexity index is 993. The van der Waals surface area contributed by atoms with E-state index in [0.29, 0.717) is 37.7 Å². The first-order valence-corrected chi connectivity index (χ1v) is 8.95. The summed E-state index contributed by atoms with van der Waals surface area (Å²) in [5, 5.41) is 2.66. The van der Waals surface area contributed by atoms with Gasteiger partial charge in [-0.2, -0.15) is 0 Å². The Labute approximate surface area is 165 Å². The monoisotopic (exact) mass is 397 g/mol. The van der Waals surface area contributed by atoms with Crippen LogP contribution in [0.15, 0.2) is 49.1 Å². The molecule has 0 spiro atoms. The molecule has 0 unspecified atom stereocenters. The number of halogens is 2. The Balaban J connectivity index is 1.37. The molecule has 1 aliphatic heterocycles. The number of aromatic nitrogens is 4. The number of nitrogens with zero attached hydrogens (tertiary/aromatic N) is 6. The van der Waals surface area contributed by atoms with Crippen LogP contribution in [-0.4, -0.2) is 56.9 Å². The topological polar surface area (TPSA) is 87.1 Å². The number of anilines is 3. The second kappa shape index (κ2) is 8.13. The highest BCUT2D eigenvalue weighted by molar-refractivity contribution is 5.93. The van der Waals surface area contributed by atoms with E-state index in [4.69, 9.17) is 0 Å². The van der Waals surface area contributed by atoms with Gasteiger partial charge in [0.25, 0.3) is 5.91 Å². The minimum absolute atomic E-state index is 0.0460. The number of hydrogen-bond acceptors (Lipinski definition) is 7. The van der Waals surface area contributed by atoms with E-state index in [1.54, 1.807) is 23.4 Å². The number of hydrogen-bond donors (Lipinski definition) is 1. The highest BCUT2D eigenvalue weighted by Gasteiger charge is 2.23. The summed E-state index contributed by atoms with van der Waals surface area (Å²) in [7, 11) is 0. The summed E-state index contributed by atoms with van der Waals surface area (Å²) in [6.45, 7) is 2.30. The lowest BCUT2D eigenvalue weighted by Crippen LogP contribution is -2.49. The number of benzene rings is 1. The second-order valence-electron chi connectivity index (χ2n) is 6.37. The fourth-order valence-corrected chi connectivity index (χ4v) is 2.96. The van der Waals surface area contributed by atoms with Gasteiger partial charge in [0.2, 0.25) is 11.9 Å². The fraction of sp³-hybridized carbons (Fsp3) is 0.211. The highest BCUT2D eigenvalue weighted by Crippen LogP contribution is 2.18. The van der Waals surface area contributed by atoms with Crippen LogP contribution in [0.1, 0.15) is 10.4 Å². The molecule has 10 heteroatoms. The molecule has 0 bridgehead atoms. The molecule has 1 saturated heterocycles. The molecule has 2 aromatic heterocycles. The van der Waals surface area contributed by atoms with Crippen molar-refractivity contribution in [3.05, 3.63) is 66.3 Å². The van der Waals surface area contributed by atoms with Crippen molar-refractivity contribution in [1.82, 2.24) is 24.8 Å². The maximum Gasteiger partial charge on any atom is 0.257 e. The van der Waals surface area contributed by atoms with Crippen molar-refractivity contribution in [3.8, 4) is 0 Å². The molecule has 3 heterocycles. The molecule has 0 atom stereocenters. The molecule has 29 heavy (non-hydrogen) atoms. The van der Waals surface area contributed by atoms with Crippen molar-refractivity contribution in [3.63, 3.8) is 0 Å². The van der Waals surface area contributed by atoms with E-state index in [2.05, 4.69) is 25.3 Å². The van der Waals surface area contributed by atoms with Gasteiger partial charge in [-0.05, 0) is 18.2 Å². The fourth-order valence-electron chi connectivity index (χ4n) is 2.96. The zero-order valence-electron chi connectivity index (χ0n) is 15.3. The first kappa shape index (κ1) is 18.7. The van der Waals surface area contributed by atoms with Gasteiger partial charge >= 0.3 is 0 Å². The maximum atomic E-state index is 13.7. The third kappa shape index (κ3) is 4.26. The quantitative estimate of drug-likeness (QED) is 0.723. The Morgan fingerprint density at radius 3 is 2.31 bits per heavy atom. The zero-order valence-corrected chi connectivity index (χ0v) is 15.3. The lowest BCUT2D eigenvalue weighted by Gasteiger charge is -2.34. The van der Waals surface area contributed by atoms with Crippen LogP contribution >= 0.6 is 0 Å². The van der Waals surface area contributed by atoms with E-state index in [1.165, 1.54) is 18.5 Å². The summed E-state index contributed by atoms with van der Waals surface area (Å²) in [6, 6.07) is 4.90. The van der Waals surface area contributed by atoms with Gasteiger partial charge in [0.1, 0.15) is 11.6 Å². The predicted octanol–water partition coefficient (Wildman–Crippen LogP) is 2.25. The molecule has 1 fully saturated rings. The van der Waals surface area contributed by atoms with Gasteiger partial charge in [0.15, 0.2) is 0 Å². The summed E-state index contributed by atoms with van der Waals surface area (Å²) in [4.78, 5) is 33.0. The van der Waals surface area contributed by atoms with Crippen LogP contribution in [0.2, 0.25) is 0 Å². The normalized spacial score (nSPS) is 14.0. The van der Waals surface area contributed by atoms with E-state index in [1.807, 2.05) is 4.90 Å². The van der Waals surface area contributed by atoms with Gasteiger partial charge in [-0.3, -0.25) is 4.79 Å². The Hall–Kier alpha value is -3.69. The van der Waals surface area contributed by atoms with Gasteiger partial charge in [0, 0.05) is 57.0 Å². The standard InChI is InChI=1S/C19H17F2N7O/c20-14-2-3-16(15(21)10-14)26-18-24-11-13(12-25-18)17(29)27-6-8-28(9-7-27)19-22-4-1-5-23-19/h1-5,10-12H,6-9H2,(H,24,25,26). The van der Waals surface area contributed by atoms with Crippen molar-refractivity contribution in [2.75, 3.05) is 36.4 Å². The van der Waals surface area contributed by atoms with Crippen molar-refractivity contribution in [2.24, 2.45) is 0 Å². The third-order valence-electron chi connectivity index (χ3n) is 4.48. The van der Waals surface area contributed by atoms with Gasteiger partial charge in [0.05, 0.1) is 11.3 Å². The molecule has 0 saturated carbocycles. The largest absolute Gasteiger partial charge is 0.337 e. The number of carbonyl (C=O) groups excluding carboxylic acids is 1. The average molecular weight is 397 g/mol. The van der Waals surface area contributed by atoms with Crippen LogP contribution in [0.5, 0.6) is 0 Å². The number of carbonyl (C=O) groups is 1. The van der Waals surface area contributed by atoms with Gasteiger partial charge in [-0.15, -0.1) is 0 Å². The number of amides is 1. The molecule has 1 aromatic carbocycles. The molecule has 148 valence electrons. The van der Waals surface area contributed by atoms with Crippen molar-refractivity contribution < 1.29 is 13.6 Å². The molecular formula is C19H17F2N7O. The number of piperazine rings is 1. The molecule has 4 rings (SSSR count). The summed E-state index contributed by atoms with van der Waals surface area (Å²) in [5.74, 6) is -0.856. The molecule has 0 aliphatic carbocycles. The average Bonchev–Trinajstić information content (AvgIpc) is 2.76. The second-order valence-corrected chi connectivity index (χ2v) is 6.37. The van der Waals surface area contributed by atoms with Crippen molar-refractivity contribution in [2.45, 2.75) is 0 Å². The summed E-state index contributed by atoms with van der Waals surface area (Å²) in [6.07, 6.45) is 6.13. The summed E-state index contributed by atoms with van der Waals surface area (Å²) in [5.41, 5.74) is 0.379. The van der Waals surface area contributed by atoms with Crippen LogP contribution in [0.4, 0.5) is 26.4 Å². The Morgan fingerprint density at radius 1 is 0.966 bits per heavy atom. The van der Waals surface area contributed by atoms with E-state index in [0.717, 1.165) is 12.1 Å². The van der Waals surface area contributed by atoms with Crippen molar-refractivity contribution >= 4 is 23.5 Å². The lowest BCUT2D eigenvalue weighted by atomic mass is 10.2. The SMILES string of the molecule is O=C(c1cnc(Nc2ccc(F)cc2F)nc1)N1CCN(c2ncccn2)CC1. The maximum absolute atomic E-state index is 13.7. The van der Waals surface area contributed by atoms with Crippen LogP contribution in [0, 0.1) is 11.6 Å². The molecular weight excluding hydrogens is 380 g/mol. The molecule has 1 amide bonds. The molecule has 8 nitrogen and oxygen atoms in total. The van der Waals surface area contributed by atoms with Crippen molar-refractivity contribution in [1.29, 1.82) is 0 Å². The van der Waals surface area contributed by atoms with Gasteiger partial charge in [-0.1, -0.05) is 0 Å². The summed E-state index contributed by atoms with van der Waals surface area (Å²) >= 11 is 0. The minimum atomic E-state index is -0.756.